The first-order valence-electron chi connectivity index (χ1n) is 6.44. The molecule has 22 heavy (non-hydrogen) atoms. The van der Waals surface area contributed by atoms with Crippen LogP contribution in [0.3, 0.4) is 0 Å². The van der Waals surface area contributed by atoms with Gasteiger partial charge < -0.3 is 4.74 Å². The first-order chi connectivity index (χ1) is 10.5. The second-order valence-corrected chi connectivity index (χ2v) is 6.63. The zero-order valence-corrected chi connectivity index (χ0v) is 15.4. The predicted octanol–water partition coefficient (Wildman–Crippen LogP) is 4.71. The third-order valence-electron chi connectivity index (χ3n) is 3.22. The highest BCUT2D eigenvalue weighted by atomic mass is 127. The quantitative estimate of drug-likeness (QED) is 0.589. The number of H-pyrrole nitrogens is 1. The van der Waals surface area contributed by atoms with Crippen molar-refractivity contribution in [3.63, 3.8) is 0 Å². The molecule has 1 N–H and O–H groups in total. The number of ether oxygens (including phenoxy) is 1. The Labute approximate surface area is 150 Å². The first kappa shape index (κ1) is 15.8. The number of rotatable bonds is 3. The van der Waals surface area contributed by atoms with Crippen LogP contribution >= 0.6 is 45.8 Å². The van der Waals surface area contributed by atoms with Gasteiger partial charge in [-0.25, -0.2) is 4.98 Å². The van der Waals surface area contributed by atoms with E-state index in [0.29, 0.717) is 21.5 Å². The molecule has 3 rings (SSSR count). The van der Waals surface area contributed by atoms with Crippen molar-refractivity contribution < 1.29 is 4.74 Å². The van der Waals surface area contributed by atoms with Crippen molar-refractivity contribution in [3.8, 4) is 5.88 Å². The number of aromatic amines is 1. The third-order valence-corrected chi connectivity index (χ3v) is 4.58. The lowest BCUT2D eigenvalue weighted by Crippen LogP contribution is -2.07. The van der Waals surface area contributed by atoms with Gasteiger partial charge in [-0.3, -0.25) is 10.1 Å². The first-order valence-corrected chi connectivity index (χ1v) is 8.27. The van der Waals surface area contributed by atoms with E-state index in [1.165, 1.54) is 0 Å². The minimum absolute atomic E-state index is 0.351. The Balaban J connectivity index is 1.98. The highest BCUT2D eigenvalue weighted by Crippen LogP contribution is 2.33. The van der Waals surface area contributed by atoms with Gasteiger partial charge in [0.15, 0.2) is 0 Å². The fraction of sp³-hybridized carbons (Fsp3) is 0.214. The molecule has 114 valence electrons. The second-order valence-electron chi connectivity index (χ2n) is 4.80. The summed E-state index contributed by atoms with van der Waals surface area (Å²) in [5, 5.41) is 8.01. The maximum absolute atomic E-state index is 6.17. The summed E-state index contributed by atoms with van der Waals surface area (Å²) in [5.41, 5.74) is 3.25. The molecule has 0 fully saturated rings. The highest BCUT2D eigenvalue weighted by Gasteiger charge is 2.18. The van der Waals surface area contributed by atoms with Gasteiger partial charge in [0.2, 0.25) is 5.88 Å². The average Bonchev–Trinajstić information content (AvgIpc) is 2.80. The Kier molecular flexibility index (Phi) is 4.42. The molecule has 0 aliphatic heterocycles. The van der Waals surface area contributed by atoms with Crippen LogP contribution in [0, 0.1) is 10.6 Å². The van der Waals surface area contributed by atoms with Crippen LogP contribution in [0.1, 0.15) is 24.2 Å². The van der Waals surface area contributed by atoms with Crippen LogP contribution < -0.4 is 4.74 Å². The number of hydrogen-bond donors (Lipinski definition) is 1. The van der Waals surface area contributed by atoms with Gasteiger partial charge in [0.25, 0.3) is 0 Å². The molecule has 3 aromatic heterocycles. The van der Waals surface area contributed by atoms with E-state index < -0.39 is 0 Å². The summed E-state index contributed by atoms with van der Waals surface area (Å²) in [7, 11) is 0. The molecule has 3 heterocycles. The van der Waals surface area contributed by atoms with Gasteiger partial charge in [-0.1, -0.05) is 23.2 Å². The summed E-state index contributed by atoms with van der Waals surface area (Å²) < 4.78 is 6.77. The lowest BCUT2D eigenvalue weighted by molar-refractivity contribution is 0.216. The molecule has 3 aromatic rings. The van der Waals surface area contributed by atoms with Gasteiger partial charge in [0.1, 0.15) is 15.3 Å². The fourth-order valence-corrected chi connectivity index (χ4v) is 3.36. The van der Waals surface area contributed by atoms with Crippen LogP contribution in [0.25, 0.3) is 11.0 Å². The number of aromatic nitrogens is 4. The average molecular weight is 449 g/mol. The van der Waals surface area contributed by atoms with Crippen molar-refractivity contribution in [2.45, 2.75) is 20.0 Å². The molecule has 0 bridgehead atoms. The molecule has 0 radical (unpaired) electrons. The summed E-state index contributed by atoms with van der Waals surface area (Å²) in [6, 6.07) is 1.95. The van der Waals surface area contributed by atoms with Gasteiger partial charge in [0.05, 0.1) is 15.6 Å². The molecule has 0 aliphatic rings. The highest BCUT2D eigenvalue weighted by molar-refractivity contribution is 14.1. The van der Waals surface area contributed by atoms with Gasteiger partial charge in [-0.2, -0.15) is 5.10 Å². The summed E-state index contributed by atoms with van der Waals surface area (Å²) >= 11 is 14.5. The molecular formula is C14H11Cl2IN4O. The molecule has 8 heteroatoms. The molecule has 1 atom stereocenters. The number of hydrogen-bond acceptors (Lipinski definition) is 4. The van der Waals surface area contributed by atoms with Crippen molar-refractivity contribution in [1.82, 2.24) is 20.2 Å². The van der Waals surface area contributed by atoms with E-state index >= 15 is 0 Å². The Hall–Kier alpha value is -1.12. The number of aryl methyl sites for hydroxylation is 1. The Morgan fingerprint density at radius 3 is 2.64 bits per heavy atom. The van der Waals surface area contributed by atoms with Crippen molar-refractivity contribution >= 4 is 56.8 Å². The summed E-state index contributed by atoms with van der Waals surface area (Å²) in [4.78, 5) is 8.48. The van der Waals surface area contributed by atoms with E-state index in [0.717, 1.165) is 20.3 Å². The maximum Gasteiger partial charge on any atom is 0.217 e. The van der Waals surface area contributed by atoms with Crippen molar-refractivity contribution in [1.29, 1.82) is 0 Å². The number of nitrogens with one attached hydrogen (secondary N) is 1. The van der Waals surface area contributed by atoms with Crippen LogP contribution in [-0.4, -0.2) is 20.2 Å². The predicted molar refractivity (Wildman–Crippen MR) is 94.6 cm³/mol. The van der Waals surface area contributed by atoms with E-state index in [4.69, 9.17) is 27.9 Å². The standard InChI is InChI=1S/C14H11Cl2IN4O/c1-6-3-10-12(13(17)21-20-10)19-14(6)22-7(2)11-8(15)4-18-5-9(11)16/h3-5,7H,1-2H3,(H,20,21)/t7-/m1/s1. The topological polar surface area (TPSA) is 63.7 Å². The van der Waals surface area contributed by atoms with Gasteiger partial charge in [-0.05, 0) is 42.5 Å². The van der Waals surface area contributed by atoms with E-state index in [1.807, 2.05) is 19.9 Å². The molecule has 0 saturated heterocycles. The molecule has 0 unspecified atom stereocenters. The zero-order chi connectivity index (χ0) is 15.9. The van der Waals surface area contributed by atoms with Crippen LogP contribution in [0.4, 0.5) is 0 Å². The number of fused-ring (bicyclic) bond motifs is 1. The second kappa shape index (κ2) is 6.17. The Morgan fingerprint density at radius 2 is 1.95 bits per heavy atom. The summed E-state index contributed by atoms with van der Waals surface area (Å²) in [5.74, 6) is 0.531. The van der Waals surface area contributed by atoms with Crippen LogP contribution in [0.2, 0.25) is 10.0 Å². The van der Waals surface area contributed by atoms with Crippen LogP contribution in [0.15, 0.2) is 18.5 Å². The number of nitrogens with zero attached hydrogens (tertiary/aromatic N) is 3. The van der Waals surface area contributed by atoms with E-state index in [1.54, 1.807) is 12.4 Å². The summed E-state index contributed by atoms with van der Waals surface area (Å²) in [6.45, 7) is 3.80. The van der Waals surface area contributed by atoms with Gasteiger partial charge in [0, 0.05) is 23.5 Å². The number of pyridine rings is 2. The SMILES string of the molecule is Cc1cc2[nH]nc(I)c2nc1O[C@H](C)c1c(Cl)cncc1Cl. The summed E-state index contributed by atoms with van der Waals surface area (Å²) in [6.07, 6.45) is 2.74. The molecule has 5 nitrogen and oxygen atoms in total. The van der Waals surface area contributed by atoms with Crippen LogP contribution in [0.5, 0.6) is 5.88 Å². The lowest BCUT2D eigenvalue weighted by Gasteiger charge is -2.17. The normalized spacial score (nSPS) is 12.6. The maximum atomic E-state index is 6.17. The monoisotopic (exact) mass is 448 g/mol. The molecule has 0 spiro atoms. The molecular weight excluding hydrogens is 438 g/mol. The van der Waals surface area contributed by atoms with Crippen molar-refractivity contribution in [2.75, 3.05) is 0 Å². The molecule has 0 saturated carbocycles. The zero-order valence-electron chi connectivity index (χ0n) is 11.7. The van der Waals surface area contributed by atoms with Crippen molar-refractivity contribution in [3.05, 3.63) is 43.3 Å². The van der Waals surface area contributed by atoms with Crippen LogP contribution in [-0.2, 0) is 0 Å². The fourth-order valence-electron chi connectivity index (χ4n) is 2.16. The van der Waals surface area contributed by atoms with E-state index in [2.05, 4.69) is 42.8 Å². The van der Waals surface area contributed by atoms with Gasteiger partial charge >= 0.3 is 0 Å². The number of halogens is 3. The van der Waals surface area contributed by atoms with Gasteiger partial charge in [-0.15, -0.1) is 0 Å². The lowest BCUT2D eigenvalue weighted by atomic mass is 10.1. The molecule has 0 aromatic carbocycles. The molecule has 0 aliphatic carbocycles. The van der Waals surface area contributed by atoms with E-state index in [-0.39, 0.29) is 6.10 Å². The Morgan fingerprint density at radius 1 is 1.27 bits per heavy atom. The Bertz CT molecular complexity index is 832. The minimum atomic E-state index is -0.351. The smallest absolute Gasteiger partial charge is 0.217 e. The van der Waals surface area contributed by atoms with Crippen molar-refractivity contribution in [2.24, 2.45) is 0 Å². The van der Waals surface area contributed by atoms with E-state index in [9.17, 15) is 0 Å². The third kappa shape index (κ3) is 2.87. The molecule has 0 amide bonds. The largest absolute Gasteiger partial charge is 0.469 e. The minimum Gasteiger partial charge on any atom is -0.469 e.